The average molecular weight is 283 g/mol. The summed E-state index contributed by atoms with van der Waals surface area (Å²) in [6.07, 6.45) is 0.496. The maximum absolute atomic E-state index is 11.9. The molecule has 5 heteroatoms. The van der Waals surface area contributed by atoms with Crippen molar-refractivity contribution in [3.05, 3.63) is 29.8 Å². The van der Waals surface area contributed by atoms with Gasteiger partial charge in [-0.05, 0) is 19.9 Å². The molecule has 19 heavy (non-hydrogen) atoms. The number of esters is 1. The summed E-state index contributed by atoms with van der Waals surface area (Å²) in [5, 5.41) is -1.45. The number of halogens is 1. The van der Waals surface area contributed by atoms with E-state index < -0.39 is 22.2 Å². The van der Waals surface area contributed by atoms with Crippen molar-refractivity contribution in [1.29, 1.82) is 0 Å². The number of rotatable bonds is 1. The van der Waals surface area contributed by atoms with Crippen LogP contribution in [0.1, 0.15) is 25.8 Å². The van der Waals surface area contributed by atoms with E-state index in [0.29, 0.717) is 12.2 Å². The Balaban J connectivity index is 2.11. The van der Waals surface area contributed by atoms with Crippen molar-refractivity contribution in [1.82, 2.24) is 0 Å². The Bertz CT molecular complexity index is 556. The molecule has 0 aromatic heterocycles. The molecular weight excluding hydrogens is 268 g/mol. The minimum atomic E-state index is -1.45. The van der Waals surface area contributed by atoms with E-state index in [0.717, 1.165) is 5.56 Å². The molecule has 0 radical (unpaired) electrons. The molecule has 0 aliphatic carbocycles. The summed E-state index contributed by atoms with van der Waals surface area (Å²) in [7, 11) is 1.30. The van der Waals surface area contributed by atoms with Gasteiger partial charge in [0.1, 0.15) is 11.4 Å². The quantitative estimate of drug-likeness (QED) is 0.451. The third-order valence-corrected chi connectivity index (χ3v) is 4.16. The first-order valence-corrected chi connectivity index (χ1v) is 6.48. The van der Waals surface area contributed by atoms with Crippen molar-refractivity contribution in [3.8, 4) is 5.75 Å². The van der Waals surface area contributed by atoms with Crippen molar-refractivity contribution in [2.45, 2.75) is 36.5 Å². The largest absolute Gasteiger partial charge is 0.487 e. The minimum absolute atomic E-state index is 0.459. The van der Waals surface area contributed by atoms with Gasteiger partial charge in [-0.2, -0.15) is 0 Å². The zero-order valence-electron chi connectivity index (χ0n) is 11.0. The maximum atomic E-state index is 11.9. The second kappa shape index (κ2) is 3.64. The second-order valence-electron chi connectivity index (χ2n) is 5.55. The van der Waals surface area contributed by atoms with E-state index >= 15 is 0 Å². The van der Waals surface area contributed by atoms with Crippen molar-refractivity contribution in [3.63, 3.8) is 0 Å². The summed E-state index contributed by atoms with van der Waals surface area (Å²) in [6, 6.07) is 7.48. The first-order chi connectivity index (χ1) is 8.85. The monoisotopic (exact) mass is 282 g/mol. The summed E-state index contributed by atoms with van der Waals surface area (Å²) < 4.78 is 16.3. The topological polar surface area (TPSA) is 48.1 Å². The van der Waals surface area contributed by atoms with Gasteiger partial charge in [-0.3, -0.25) is 0 Å². The van der Waals surface area contributed by atoms with Gasteiger partial charge in [-0.15, -0.1) is 0 Å². The lowest BCUT2D eigenvalue weighted by Crippen LogP contribution is -2.42. The third-order valence-electron chi connectivity index (χ3n) is 3.62. The molecule has 1 saturated heterocycles. The highest BCUT2D eigenvalue weighted by atomic mass is 35.5. The molecule has 2 atom stereocenters. The lowest BCUT2D eigenvalue weighted by atomic mass is 9.81. The van der Waals surface area contributed by atoms with Gasteiger partial charge in [0, 0.05) is 12.0 Å². The van der Waals surface area contributed by atoms with Gasteiger partial charge in [0.05, 0.1) is 7.11 Å². The summed E-state index contributed by atoms with van der Waals surface area (Å²) >= 11 is 6.33. The Morgan fingerprint density at radius 1 is 1.37 bits per heavy atom. The molecule has 3 rings (SSSR count). The number of carbonyl (C=O) groups is 1. The van der Waals surface area contributed by atoms with E-state index in [4.69, 9.17) is 25.8 Å². The number of benzene rings is 1. The molecule has 1 spiro atoms. The Morgan fingerprint density at radius 2 is 2.05 bits per heavy atom. The van der Waals surface area contributed by atoms with Crippen LogP contribution in [0.4, 0.5) is 0 Å². The molecule has 1 aromatic carbocycles. The minimum Gasteiger partial charge on any atom is -0.487 e. The van der Waals surface area contributed by atoms with Gasteiger partial charge >= 0.3 is 5.97 Å². The molecule has 2 heterocycles. The first kappa shape index (κ1) is 12.8. The summed E-state index contributed by atoms with van der Waals surface area (Å²) in [6.45, 7) is 3.89. The molecule has 1 fully saturated rings. The fraction of sp³-hybridized carbons (Fsp3) is 0.500. The van der Waals surface area contributed by atoms with Crippen molar-refractivity contribution in [2.24, 2.45) is 0 Å². The van der Waals surface area contributed by atoms with Gasteiger partial charge in [0.2, 0.25) is 0 Å². The molecule has 0 saturated carbocycles. The van der Waals surface area contributed by atoms with Gasteiger partial charge in [-0.25, -0.2) is 4.79 Å². The molecular formula is C14H15ClO4. The predicted octanol–water partition coefficient (Wildman–Crippen LogP) is 2.58. The lowest BCUT2D eigenvalue weighted by molar-refractivity contribution is -0.143. The highest BCUT2D eigenvalue weighted by Gasteiger charge is 2.79. The molecule has 0 bridgehead atoms. The molecule has 0 N–H and O–H groups in total. The van der Waals surface area contributed by atoms with Crippen molar-refractivity contribution < 1.29 is 19.0 Å². The normalized spacial score (nSPS) is 34.3. The predicted molar refractivity (Wildman–Crippen MR) is 69.1 cm³/mol. The van der Waals surface area contributed by atoms with Crippen molar-refractivity contribution >= 4 is 17.6 Å². The van der Waals surface area contributed by atoms with Crippen LogP contribution in [0.5, 0.6) is 5.75 Å². The number of ether oxygens (including phenoxy) is 3. The zero-order chi connectivity index (χ0) is 13.9. The molecule has 2 unspecified atom stereocenters. The number of fused-ring (bicyclic) bond motifs is 2. The number of hydrogen-bond donors (Lipinski definition) is 0. The highest BCUT2D eigenvalue weighted by molar-refractivity contribution is 6.36. The number of para-hydroxylation sites is 1. The fourth-order valence-electron chi connectivity index (χ4n) is 2.85. The molecule has 1 aromatic rings. The number of hydrogen-bond acceptors (Lipinski definition) is 4. The highest BCUT2D eigenvalue weighted by Crippen LogP contribution is 2.66. The molecule has 2 aliphatic rings. The number of epoxide rings is 1. The van der Waals surface area contributed by atoms with Gasteiger partial charge < -0.3 is 14.2 Å². The van der Waals surface area contributed by atoms with Crippen LogP contribution < -0.4 is 4.74 Å². The lowest BCUT2D eigenvalue weighted by Gasteiger charge is -2.36. The maximum Gasteiger partial charge on any atom is 0.357 e. The third kappa shape index (κ3) is 1.60. The van der Waals surface area contributed by atoms with Crippen LogP contribution in [-0.4, -0.2) is 23.7 Å². The van der Waals surface area contributed by atoms with Crippen LogP contribution in [-0.2, 0) is 19.9 Å². The Morgan fingerprint density at radius 3 is 2.74 bits per heavy atom. The van der Waals surface area contributed by atoms with Crippen LogP contribution in [0.3, 0.4) is 0 Å². The summed E-state index contributed by atoms with van der Waals surface area (Å²) in [5.41, 5.74) is -0.520. The molecule has 0 amide bonds. The number of methoxy groups -OCH3 is 1. The molecule has 2 aliphatic heterocycles. The zero-order valence-corrected chi connectivity index (χ0v) is 11.8. The van der Waals surface area contributed by atoms with E-state index in [1.54, 1.807) is 0 Å². The van der Waals surface area contributed by atoms with Crippen LogP contribution in [0.15, 0.2) is 24.3 Å². The van der Waals surface area contributed by atoms with Crippen LogP contribution in [0.25, 0.3) is 0 Å². The first-order valence-electron chi connectivity index (χ1n) is 6.11. The van der Waals surface area contributed by atoms with Gasteiger partial charge in [-0.1, -0.05) is 29.8 Å². The Hall–Kier alpha value is -1.26. The summed E-state index contributed by atoms with van der Waals surface area (Å²) in [4.78, 5) is 11.9. The average Bonchev–Trinajstić information content (AvgIpc) is 2.93. The molecule has 102 valence electrons. The van der Waals surface area contributed by atoms with E-state index in [1.165, 1.54) is 7.11 Å². The Labute approximate surface area is 116 Å². The van der Waals surface area contributed by atoms with E-state index in [2.05, 4.69) is 0 Å². The number of carbonyl (C=O) groups excluding carboxylic acids is 1. The second-order valence-corrected chi connectivity index (χ2v) is 6.08. The SMILES string of the molecule is COC(=O)C1(Cl)OC12CC(C)(C)Oc1ccccc12. The van der Waals surface area contributed by atoms with Crippen LogP contribution in [0.2, 0.25) is 0 Å². The fourth-order valence-corrected chi connectivity index (χ4v) is 3.23. The Kier molecular flexibility index (Phi) is 2.45. The smallest absolute Gasteiger partial charge is 0.357 e. The van der Waals surface area contributed by atoms with E-state index in [-0.39, 0.29) is 0 Å². The molecule has 4 nitrogen and oxygen atoms in total. The van der Waals surface area contributed by atoms with Crippen molar-refractivity contribution in [2.75, 3.05) is 7.11 Å². The van der Waals surface area contributed by atoms with E-state index in [1.807, 2.05) is 38.1 Å². The van der Waals surface area contributed by atoms with Crippen LogP contribution >= 0.6 is 11.6 Å². The van der Waals surface area contributed by atoms with E-state index in [9.17, 15) is 4.79 Å². The number of alkyl halides is 1. The van der Waals surface area contributed by atoms with Gasteiger partial charge in [0.15, 0.2) is 5.60 Å². The summed E-state index contributed by atoms with van der Waals surface area (Å²) in [5.74, 6) is 0.131. The van der Waals surface area contributed by atoms with Gasteiger partial charge in [0.25, 0.3) is 5.06 Å². The standard InChI is InChI=1S/C14H15ClO4/c1-12(2)8-13(14(15,19-13)11(16)17-3)9-6-4-5-7-10(9)18-12/h4-7H,8H2,1-3H3. The van der Waals surface area contributed by atoms with Crippen LogP contribution in [0, 0.1) is 0 Å².